The van der Waals surface area contributed by atoms with E-state index in [1.807, 2.05) is 36.7 Å². The van der Waals surface area contributed by atoms with Gasteiger partial charge in [0.1, 0.15) is 5.78 Å². The number of carboxylic acids is 1. The number of Topliss-reactive ketones (excluding diaryl/α,β-unsaturated/α-hetero) is 1. The van der Waals surface area contributed by atoms with E-state index in [1.54, 1.807) is 6.92 Å². The molecule has 2 saturated carbocycles. The number of aromatic amines is 2. The number of fused-ring (bicyclic) bond motifs is 2. The van der Waals surface area contributed by atoms with Crippen LogP contribution in [0.5, 0.6) is 0 Å². The van der Waals surface area contributed by atoms with E-state index in [-0.39, 0.29) is 29.8 Å². The summed E-state index contributed by atoms with van der Waals surface area (Å²) in [5.41, 5.74) is 3.57. The summed E-state index contributed by atoms with van der Waals surface area (Å²) in [5, 5.41) is 18.4. The number of benzene rings is 2. The van der Waals surface area contributed by atoms with Gasteiger partial charge in [-0.3, -0.25) is 9.59 Å². The van der Waals surface area contributed by atoms with Gasteiger partial charge in [-0.15, -0.1) is 0 Å². The van der Waals surface area contributed by atoms with Crippen LogP contribution in [0.4, 0.5) is 0 Å². The number of aromatic nitrogens is 2. The van der Waals surface area contributed by atoms with Gasteiger partial charge in [-0.05, 0) is 90.9 Å². The van der Waals surface area contributed by atoms with Gasteiger partial charge in [0, 0.05) is 30.5 Å². The Morgan fingerprint density at radius 3 is 1.53 bits per heavy atom. The van der Waals surface area contributed by atoms with Crippen molar-refractivity contribution in [1.29, 1.82) is 0 Å². The molecule has 4 aromatic rings. The molecule has 0 radical (unpaired) electrons. The average molecular weight is 456 g/mol. The third-order valence-corrected chi connectivity index (χ3v) is 6.80. The first-order chi connectivity index (χ1) is 15.4. The minimum Gasteiger partial charge on any atom is -0.870 e. The van der Waals surface area contributed by atoms with E-state index < -0.39 is 11.4 Å². The molecule has 0 bridgehead atoms. The van der Waals surface area contributed by atoms with Crippen molar-refractivity contribution in [2.45, 2.75) is 43.4 Å². The van der Waals surface area contributed by atoms with Crippen molar-refractivity contribution in [2.75, 3.05) is 7.11 Å². The first-order valence-corrected chi connectivity index (χ1v) is 10.8. The molecule has 0 unspecified atom stereocenters. The molecule has 2 aliphatic rings. The molecule has 2 aromatic carbocycles. The van der Waals surface area contributed by atoms with E-state index in [0.29, 0.717) is 5.78 Å². The third-order valence-electron chi connectivity index (χ3n) is 6.80. The number of hydrogen-bond acceptors (Lipinski definition) is 4. The summed E-state index contributed by atoms with van der Waals surface area (Å²) in [6.07, 6.45) is 7.35. The average Bonchev–Trinajstić information content (AvgIpc) is 3.70. The minimum absolute atomic E-state index is 0. The minimum atomic E-state index is -0.697. The van der Waals surface area contributed by atoms with Crippen LogP contribution in [0.2, 0.25) is 0 Å². The molecule has 0 atom stereocenters. The summed E-state index contributed by atoms with van der Waals surface area (Å²) in [6, 6.07) is 16.1. The molecular weight excluding hydrogens is 427 g/mol. The number of hydrogen-bond donors (Lipinski definition) is 4. The van der Waals surface area contributed by atoms with Gasteiger partial charge in [0.15, 0.2) is 0 Å². The number of ketones is 1. The summed E-state index contributed by atoms with van der Waals surface area (Å²) >= 11 is 0. The predicted molar refractivity (Wildman–Crippen MR) is 127 cm³/mol. The maximum atomic E-state index is 11.6. The first kappa shape index (κ1) is 27.4. The number of H-pyrrole nitrogens is 2. The number of aliphatic hydroxyl groups excluding tert-OH is 1. The molecule has 2 aliphatic carbocycles. The maximum Gasteiger partial charge on any atom is 1.00 e. The van der Waals surface area contributed by atoms with Crippen LogP contribution in [-0.4, -0.2) is 44.5 Å². The fourth-order valence-electron chi connectivity index (χ4n) is 4.42. The third kappa shape index (κ3) is 4.84. The molecule has 6 rings (SSSR count). The van der Waals surface area contributed by atoms with Crippen molar-refractivity contribution in [2.24, 2.45) is 0 Å². The maximum absolute atomic E-state index is 11.6. The smallest absolute Gasteiger partial charge is 0.870 e. The van der Waals surface area contributed by atoms with E-state index in [1.165, 1.54) is 10.9 Å². The molecule has 8 heteroatoms. The van der Waals surface area contributed by atoms with E-state index in [0.717, 1.165) is 54.8 Å². The Morgan fingerprint density at radius 1 is 0.765 bits per heavy atom. The Bertz CT molecular complexity index is 1180. The molecule has 2 fully saturated rings. The van der Waals surface area contributed by atoms with Crippen LogP contribution in [0, 0.1) is 0 Å². The normalized spacial score (nSPS) is 16.0. The molecule has 0 aliphatic heterocycles. The van der Waals surface area contributed by atoms with Gasteiger partial charge < -0.3 is 25.7 Å². The number of carbonyl (C=O) groups is 2. The number of rotatable bonds is 4. The molecule has 2 heterocycles. The number of carboxylic acid groups (broad SMARTS) is 1. The summed E-state index contributed by atoms with van der Waals surface area (Å²) in [4.78, 5) is 29.0. The predicted octanol–water partition coefficient (Wildman–Crippen LogP) is 1.51. The number of carbonyl (C=O) groups excluding carboxylic acids is 1. The SMILES string of the molecule is CC(=O)C1(c2ccc3[nH]ccc3c2)CC1.CO.O=C(O)C1(c2ccc3[nH]ccc3c2)CC1.[Li+].[OH-]. The van der Waals surface area contributed by atoms with Crippen molar-refractivity contribution in [3.05, 3.63) is 72.1 Å². The second kappa shape index (κ2) is 10.6. The molecule has 34 heavy (non-hydrogen) atoms. The van der Waals surface area contributed by atoms with Crippen LogP contribution in [-0.2, 0) is 20.4 Å². The zero-order valence-corrected chi connectivity index (χ0v) is 19.8. The van der Waals surface area contributed by atoms with Gasteiger partial charge in [0.25, 0.3) is 0 Å². The van der Waals surface area contributed by atoms with Gasteiger partial charge >= 0.3 is 24.8 Å². The Hall–Kier alpha value is -2.82. The zero-order chi connectivity index (χ0) is 22.9. The van der Waals surface area contributed by atoms with E-state index >= 15 is 0 Å². The Balaban J connectivity index is 0.000000212. The number of nitrogens with one attached hydrogen (secondary N) is 2. The van der Waals surface area contributed by atoms with Crippen LogP contribution in [0.1, 0.15) is 43.7 Å². The monoisotopic (exact) mass is 456 g/mol. The molecule has 5 N–H and O–H groups in total. The molecule has 0 spiro atoms. The second-order valence-electron chi connectivity index (χ2n) is 8.58. The molecule has 2 aromatic heterocycles. The second-order valence-corrected chi connectivity index (χ2v) is 8.58. The van der Waals surface area contributed by atoms with Crippen LogP contribution in [0.15, 0.2) is 60.9 Å². The van der Waals surface area contributed by atoms with Crippen molar-refractivity contribution in [3.63, 3.8) is 0 Å². The number of aliphatic carboxylic acids is 1. The zero-order valence-electron chi connectivity index (χ0n) is 19.8. The summed E-state index contributed by atoms with van der Waals surface area (Å²) in [6.45, 7) is 1.70. The van der Waals surface area contributed by atoms with Crippen LogP contribution in [0.25, 0.3) is 21.8 Å². The Kier molecular flexibility index (Phi) is 8.57. The van der Waals surface area contributed by atoms with Crippen molar-refractivity contribution in [1.82, 2.24) is 9.97 Å². The van der Waals surface area contributed by atoms with Crippen molar-refractivity contribution >= 4 is 33.6 Å². The summed E-state index contributed by atoms with van der Waals surface area (Å²) < 4.78 is 0. The standard InChI is InChI=1S/C13H13NO.C12H11NO2.CH4O.Li.H2O/c1-9(15)13(5-6-13)11-2-3-12-10(8-11)4-7-14-12;14-11(15)12(4-5-12)9-1-2-10-8(7-9)3-6-13-10;1-2;;/h2-4,7-8,14H,5-6H2,1H3;1-3,6-7,13H,4-5H2,(H,14,15);2H,1H3;;1H2/q;;;+1;/p-1. The van der Waals surface area contributed by atoms with Crippen molar-refractivity contribution in [3.8, 4) is 0 Å². The van der Waals surface area contributed by atoms with Crippen molar-refractivity contribution < 1.29 is 44.1 Å². The van der Waals surface area contributed by atoms with Gasteiger partial charge in [-0.25, -0.2) is 0 Å². The number of aliphatic hydroxyl groups is 1. The molecule has 7 nitrogen and oxygen atoms in total. The quantitative estimate of drug-likeness (QED) is 0.345. The molecule has 0 amide bonds. The van der Waals surface area contributed by atoms with Crippen LogP contribution in [0.3, 0.4) is 0 Å². The van der Waals surface area contributed by atoms with E-state index in [4.69, 9.17) is 5.11 Å². The Morgan fingerprint density at radius 2 is 1.18 bits per heavy atom. The first-order valence-electron chi connectivity index (χ1n) is 10.8. The fourth-order valence-corrected chi connectivity index (χ4v) is 4.42. The van der Waals surface area contributed by atoms with E-state index in [9.17, 15) is 14.7 Å². The van der Waals surface area contributed by atoms with E-state index in [2.05, 4.69) is 34.2 Å². The topological polar surface area (TPSA) is 136 Å². The summed E-state index contributed by atoms with van der Waals surface area (Å²) in [5.74, 6) is -0.394. The van der Waals surface area contributed by atoms with Gasteiger partial charge in [0.2, 0.25) is 0 Å². The van der Waals surface area contributed by atoms with Gasteiger partial charge in [-0.2, -0.15) is 0 Å². The summed E-state index contributed by atoms with van der Waals surface area (Å²) in [7, 11) is 1.00. The fraction of sp³-hybridized carbons (Fsp3) is 0.308. The molecular formula is C26H29LiN2O5. The largest absolute Gasteiger partial charge is 1.00 e. The van der Waals surface area contributed by atoms with Gasteiger partial charge in [-0.1, -0.05) is 12.1 Å². The molecule has 0 saturated heterocycles. The van der Waals surface area contributed by atoms with Crippen LogP contribution >= 0.6 is 0 Å². The van der Waals surface area contributed by atoms with Crippen LogP contribution < -0.4 is 18.9 Å². The Labute approximate surface area is 210 Å². The molecule has 174 valence electrons. The van der Waals surface area contributed by atoms with Gasteiger partial charge in [0.05, 0.1) is 10.8 Å².